The lowest BCUT2D eigenvalue weighted by molar-refractivity contribution is 0.591. The van der Waals surface area contributed by atoms with Crippen molar-refractivity contribution >= 4 is 33.4 Å². The zero-order chi connectivity index (χ0) is 13.8. The first kappa shape index (κ1) is 12.6. The molecule has 0 saturated heterocycles. The van der Waals surface area contributed by atoms with Gasteiger partial charge in [0.2, 0.25) is 0 Å². The van der Waals surface area contributed by atoms with Crippen LogP contribution in [0.4, 0.5) is 0 Å². The third-order valence-electron chi connectivity index (χ3n) is 3.72. The standard InChI is InChI=1S/C17H18ClN/c1-10-7-12(18)9-15-16(10)13-8-11(17(2,3)4)5-6-14(13)19-15/h5-9,19H,1-4H3. The van der Waals surface area contributed by atoms with Crippen molar-refractivity contribution in [2.75, 3.05) is 0 Å². The summed E-state index contributed by atoms with van der Waals surface area (Å²) in [6, 6.07) is 10.7. The predicted octanol–water partition coefficient (Wildman–Crippen LogP) is 5.58. The van der Waals surface area contributed by atoms with Gasteiger partial charge in [0.05, 0.1) is 0 Å². The van der Waals surface area contributed by atoms with Crippen LogP contribution in [-0.2, 0) is 5.41 Å². The fraction of sp³-hybridized carbons (Fsp3) is 0.294. The maximum absolute atomic E-state index is 6.14. The van der Waals surface area contributed by atoms with Crippen molar-refractivity contribution in [3.63, 3.8) is 0 Å². The summed E-state index contributed by atoms with van der Waals surface area (Å²) in [6.07, 6.45) is 0. The molecule has 0 aliphatic rings. The summed E-state index contributed by atoms with van der Waals surface area (Å²) in [5.41, 5.74) is 5.03. The number of aromatic nitrogens is 1. The molecule has 1 aromatic heterocycles. The Hall–Kier alpha value is -1.47. The van der Waals surface area contributed by atoms with E-state index in [0.717, 1.165) is 10.5 Å². The van der Waals surface area contributed by atoms with Gasteiger partial charge in [-0.05, 0) is 47.7 Å². The minimum atomic E-state index is 0.165. The van der Waals surface area contributed by atoms with Gasteiger partial charge in [-0.1, -0.05) is 38.4 Å². The van der Waals surface area contributed by atoms with Crippen LogP contribution in [0.25, 0.3) is 21.8 Å². The largest absolute Gasteiger partial charge is 0.354 e. The highest BCUT2D eigenvalue weighted by Crippen LogP contribution is 2.33. The van der Waals surface area contributed by atoms with Crippen molar-refractivity contribution < 1.29 is 0 Å². The Balaban J connectivity index is 2.42. The molecule has 3 rings (SSSR count). The average Bonchev–Trinajstić information content (AvgIpc) is 2.64. The van der Waals surface area contributed by atoms with E-state index in [2.05, 4.69) is 50.9 Å². The number of rotatable bonds is 0. The smallest absolute Gasteiger partial charge is 0.0482 e. The zero-order valence-corrected chi connectivity index (χ0v) is 12.5. The Morgan fingerprint density at radius 2 is 1.74 bits per heavy atom. The molecule has 0 spiro atoms. The van der Waals surface area contributed by atoms with Crippen molar-refractivity contribution in [3.8, 4) is 0 Å². The molecule has 3 aromatic rings. The third-order valence-corrected chi connectivity index (χ3v) is 3.94. The molecule has 1 nitrogen and oxygen atoms in total. The van der Waals surface area contributed by atoms with Gasteiger partial charge in [0.1, 0.15) is 0 Å². The van der Waals surface area contributed by atoms with Crippen LogP contribution < -0.4 is 0 Å². The lowest BCUT2D eigenvalue weighted by Gasteiger charge is -2.19. The molecule has 0 saturated carbocycles. The summed E-state index contributed by atoms with van der Waals surface area (Å²) in [4.78, 5) is 3.45. The van der Waals surface area contributed by atoms with Crippen LogP contribution in [-0.4, -0.2) is 4.98 Å². The SMILES string of the molecule is Cc1cc(Cl)cc2[nH]c3ccc(C(C)(C)C)cc3c12. The van der Waals surface area contributed by atoms with Crippen LogP contribution in [0, 0.1) is 6.92 Å². The maximum atomic E-state index is 6.14. The molecule has 98 valence electrons. The van der Waals surface area contributed by atoms with Gasteiger partial charge in [-0.25, -0.2) is 0 Å². The van der Waals surface area contributed by atoms with Crippen LogP contribution in [0.3, 0.4) is 0 Å². The highest BCUT2D eigenvalue weighted by Gasteiger charge is 2.16. The molecule has 0 fully saturated rings. The third kappa shape index (κ3) is 2.02. The lowest BCUT2D eigenvalue weighted by atomic mass is 9.86. The van der Waals surface area contributed by atoms with Gasteiger partial charge in [-0.3, -0.25) is 0 Å². The van der Waals surface area contributed by atoms with Crippen molar-refractivity contribution in [1.29, 1.82) is 0 Å². The second kappa shape index (κ2) is 4.01. The summed E-state index contributed by atoms with van der Waals surface area (Å²) in [7, 11) is 0. The van der Waals surface area contributed by atoms with E-state index in [4.69, 9.17) is 11.6 Å². The first-order chi connectivity index (χ1) is 8.86. The van der Waals surface area contributed by atoms with Crippen LogP contribution >= 0.6 is 11.6 Å². The minimum absolute atomic E-state index is 0.165. The van der Waals surface area contributed by atoms with E-state index in [1.165, 1.54) is 27.4 Å². The van der Waals surface area contributed by atoms with Crippen molar-refractivity contribution in [1.82, 2.24) is 4.98 Å². The molecule has 19 heavy (non-hydrogen) atoms. The molecule has 0 unspecified atom stereocenters. The van der Waals surface area contributed by atoms with E-state index in [-0.39, 0.29) is 5.41 Å². The second-order valence-electron chi connectivity index (χ2n) is 6.28. The molecule has 2 heteroatoms. The molecule has 0 bridgehead atoms. The van der Waals surface area contributed by atoms with Gasteiger partial charge in [0, 0.05) is 26.8 Å². The first-order valence-electron chi connectivity index (χ1n) is 6.58. The number of nitrogens with one attached hydrogen (secondary N) is 1. The fourth-order valence-electron chi connectivity index (χ4n) is 2.67. The molecule has 0 radical (unpaired) electrons. The van der Waals surface area contributed by atoms with Crippen LogP contribution in [0.5, 0.6) is 0 Å². The van der Waals surface area contributed by atoms with Crippen LogP contribution in [0.2, 0.25) is 5.02 Å². The average molecular weight is 272 g/mol. The summed E-state index contributed by atoms with van der Waals surface area (Å²) >= 11 is 6.14. The van der Waals surface area contributed by atoms with Gasteiger partial charge >= 0.3 is 0 Å². The molecule has 0 aliphatic carbocycles. The van der Waals surface area contributed by atoms with Crippen LogP contribution in [0.15, 0.2) is 30.3 Å². The number of hydrogen-bond donors (Lipinski definition) is 1. The number of halogens is 1. The second-order valence-corrected chi connectivity index (χ2v) is 6.72. The van der Waals surface area contributed by atoms with Gasteiger partial charge in [-0.15, -0.1) is 0 Å². The first-order valence-corrected chi connectivity index (χ1v) is 6.96. The van der Waals surface area contributed by atoms with Crippen molar-refractivity contribution in [3.05, 3.63) is 46.5 Å². The predicted molar refractivity (Wildman–Crippen MR) is 84.3 cm³/mol. The molecule has 0 amide bonds. The Kier molecular flexibility index (Phi) is 2.65. The summed E-state index contributed by atoms with van der Waals surface area (Å²) in [5.74, 6) is 0. The van der Waals surface area contributed by atoms with E-state index < -0.39 is 0 Å². The highest BCUT2D eigenvalue weighted by atomic mass is 35.5. The quantitative estimate of drug-likeness (QED) is 0.549. The molecule has 0 atom stereocenters. The van der Waals surface area contributed by atoms with E-state index in [9.17, 15) is 0 Å². The topological polar surface area (TPSA) is 15.8 Å². The Morgan fingerprint density at radius 1 is 1.00 bits per heavy atom. The number of aromatic amines is 1. The van der Waals surface area contributed by atoms with Gasteiger partial charge in [0.25, 0.3) is 0 Å². The molecule has 1 heterocycles. The molecular formula is C17H18ClN. The van der Waals surface area contributed by atoms with Gasteiger partial charge < -0.3 is 4.98 Å². The fourth-order valence-corrected chi connectivity index (χ4v) is 2.94. The zero-order valence-electron chi connectivity index (χ0n) is 11.8. The van der Waals surface area contributed by atoms with E-state index in [0.29, 0.717) is 0 Å². The Bertz CT molecular complexity index is 775. The van der Waals surface area contributed by atoms with Crippen molar-refractivity contribution in [2.45, 2.75) is 33.1 Å². The van der Waals surface area contributed by atoms with Gasteiger partial charge in [-0.2, -0.15) is 0 Å². The molecule has 0 aliphatic heterocycles. The lowest BCUT2D eigenvalue weighted by Crippen LogP contribution is -2.10. The number of hydrogen-bond acceptors (Lipinski definition) is 0. The summed E-state index contributed by atoms with van der Waals surface area (Å²) in [6.45, 7) is 8.84. The number of H-pyrrole nitrogens is 1. The summed E-state index contributed by atoms with van der Waals surface area (Å²) in [5, 5.41) is 3.36. The number of aryl methyl sites for hydroxylation is 1. The summed E-state index contributed by atoms with van der Waals surface area (Å²) < 4.78 is 0. The van der Waals surface area contributed by atoms with Crippen molar-refractivity contribution in [2.24, 2.45) is 0 Å². The van der Waals surface area contributed by atoms with E-state index >= 15 is 0 Å². The normalized spacial score (nSPS) is 12.5. The number of fused-ring (bicyclic) bond motifs is 3. The van der Waals surface area contributed by atoms with E-state index in [1.807, 2.05) is 12.1 Å². The monoisotopic (exact) mass is 271 g/mol. The Labute approximate surface area is 118 Å². The molecule has 1 N–H and O–H groups in total. The van der Waals surface area contributed by atoms with E-state index in [1.54, 1.807) is 0 Å². The minimum Gasteiger partial charge on any atom is -0.354 e. The molecule has 2 aromatic carbocycles. The molecular weight excluding hydrogens is 254 g/mol. The highest BCUT2D eigenvalue weighted by molar-refractivity contribution is 6.31. The maximum Gasteiger partial charge on any atom is 0.0482 e. The number of benzene rings is 2. The Morgan fingerprint density at radius 3 is 2.42 bits per heavy atom. The van der Waals surface area contributed by atoms with Crippen LogP contribution in [0.1, 0.15) is 31.9 Å². The van der Waals surface area contributed by atoms with Gasteiger partial charge in [0.15, 0.2) is 0 Å².